The number of Topliss-reactive ketones (excluding diaryl/α,β-unsaturated/α-hetero) is 1. The minimum Gasteiger partial charge on any atom is -0.381 e. The van der Waals surface area contributed by atoms with Gasteiger partial charge in [0.25, 0.3) is 0 Å². The van der Waals surface area contributed by atoms with Gasteiger partial charge in [0.05, 0.1) is 0 Å². The molecule has 2 heterocycles. The maximum atomic E-state index is 13.3. The summed E-state index contributed by atoms with van der Waals surface area (Å²) >= 11 is 1.59. The number of ketones is 1. The molecule has 9 heteroatoms. The van der Waals surface area contributed by atoms with Crippen molar-refractivity contribution in [3.8, 4) is 0 Å². The number of benzene rings is 1. The van der Waals surface area contributed by atoms with Gasteiger partial charge in [-0.15, -0.1) is 5.10 Å². The number of carbonyl (C=O) groups is 3. The van der Waals surface area contributed by atoms with Gasteiger partial charge in [0.1, 0.15) is 6.04 Å². The molecule has 2 aliphatic heterocycles. The third-order valence-electron chi connectivity index (χ3n) is 7.53. The Morgan fingerprint density at radius 1 is 1.08 bits per heavy atom. The molecule has 3 aliphatic rings. The summed E-state index contributed by atoms with van der Waals surface area (Å²) in [7, 11) is 0. The zero-order chi connectivity index (χ0) is 25.3. The van der Waals surface area contributed by atoms with Crippen LogP contribution >= 0.6 is 11.8 Å². The van der Waals surface area contributed by atoms with Crippen LogP contribution in [0.1, 0.15) is 63.9 Å². The highest BCUT2D eigenvalue weighted by Gasteiger charge is 2.37. The summed E-state index contributed by atoms with van der Waals surface area (Å²) in [5, 5.41) is 8.03. The third-order valence-corrected chi connectivity index (χ3v) is 8.66. The molecular weight excluding hydrogens is 476 g/mol. The largest absolute Gasteiger partial charge is 0.381 e. The van der Waals surface area contributed by atoms with E-state index in [1.54, 1.807) is 11.8 Å². The van der Waals surface area contributed by atoms with Gasteiger partial charge in [-0.2, -0.15) is 0 Å². The summed E-state index contributed by atoms with van der Waals surface area (Å²) < 4.78 is 5.45. The lowest BCUT2D eigenvalue weighted by Gasteiger charge is -2.31. The summed E-state index contributed by atoms with van der Waals surface area (Å²) in [6.07, 6.45) is 7.13. The summed E-state index contributed by atoms with van der Waals surface area (Å²) in [6.45, 7) is 3.89. The smallest absolute Gasteiger partial charge is 0.309 e. The predicted molar refractivity (Wildman–Crippen MR) is 141 cm³/mol. The third kappa shape index (κ3) is 6.88. The van der Waals surface area contributed by atoms with Crippen molar-refractivity contribution in [3.05, 3.63) is 35.9 Å². The zero-order valence-corrected chi connectivity index (χ0v) is 21.9. The van der Waals surface area contributed by atoms with Crippen LogP contribution in [0.25, 0.3) is 0 Å². The van der Waals surface area contributed by atoms with Crippen LogP contribution in [0, 0.1) is 11.8 Å². The Hall–Kier alpha value is -2.39. The van der Waals surface area contributed by atoms with Crippen LogP contribution in [0.4, 0.5) is 0 Å². The average molecular weight is 515 g/mol. The first-order valence-electron chi connectivity index (χ1n) is 13.3. The molecule has 8 nitrogen and oxygen atoms in total. The molecule has 2 atom stereocenters. The van der Waals surface area contributed by atoms with Crippen LogP contribution in [0.5, 0.6) is 0 Å². The Bertz CT molecular complexity index is 929. The molecule has 2 amide bonds. The van der Waals surface area contributed by atoms with E-state index in [1.807, 2.05) is 18.2 Å². The topological polar surface area (TPSA) is 100 Å². The van der Waals surface area contributed by atoms with Crippen LogP contribution in [0.15, 0.2) is 35.4 Å². The van der Waals surface area contributed by atoms with E-state index in [-0.39, 0.29) is 17.7 Å². The molecule has 2 saturated heterocycles. The van der Waals surface area contributed by atoms with Crippen molar-refractivity contribution in [2.75, 3.05) is 19.0 Å². The Morgan fingerprint density at radius 2 is 1.81 bits per heavy atom. The molecule has 4 rings (SSSR count). The van der Waals surface area contributed by atoms with E-state index in [4.69, 9.17) is 4.74 Å². The van der Waals surface area contributed by atoms with E-state index in [1.165, 1.54) is 5.56 Å². The number of thioether (sulfide) groups is 1. The van der Waals surface area contributed by atoms with E-state index < -0.39 is 17.7 Å². The Kier molecular flexibility index (Phi) is 9.81. The standard InChI is InChI=1S/C27H38N4O4S/c1-2-22-18-36-27(31(22)17-19-9-5-3-6-10-19)30-29-26(34)24(32)23(20-13-15-35-16-14-20)28-25(33)21-11-7-4-8-12-21/h3,5-6,9-10,20-23H,2,4,7-8,11-18H2,1H3,(H,28,33)(H,29,34)/b30-27-/t22-,23-/m1/s1. The first-order chi connectivity index (χ1) is 17.6. The van der Waals surface area contributed by atoms with Gasteiger partial charge in [-0.25, -0.2) is 5.43 Å². The van der Waals surface area contributed by atoms with E-state index in [0.717, 1.165) is 44.3 Å². The van der Waals surface area contributed by atoms with Gasteiger partial charge in [-0.05, 0) is 43.6 Å². The van der Waals surface area contributed by atoms with E-state index in [0.29, 0.717) is 43.8 Å². The second kappa shape index (κ2) is 13.2. The fourth-order valence-corrected chi connectivity index (χ4v) is 6.54. The average Bonchev–Trinajstić information content (AvgIpc) is 3.32. The van der Waals surface area contributed by atoms with Gasteiger partial charge in [0.2, 0.25) is 11.7 Å². The van der Waals surface area contributed by atoms with Gasteiger partial charge in [-0.1, -0.05) is 68.3 Å². The van der Waals surface area contributed by atoms with Crippen molar-refractivity contribution in [1.29, 1.82) is 0 Å². The molecule has 0 unspecified atom stereocenters. The maximum absolute atomic E-state index is 13.3. The summed E-state index contributed by atoms with van der Waals surface area (Å²) in [6, 6.07) is 9.62. The van der Waals surface area contributed by atoms with Crippen LogP contribution in [0.2, 0.25) is 0 Å². The lowest BCUT2D eigenvalue weighted by atomic mass is 9.85. The number of nitrogens with zero attached hydrogens (tertiary/aromatic N) is 2. The van der Waals surface area contributed by atoms with Gasteiger partial charge >= 0.3 is 5.91 Å². The van der Waals surface area contributed by atoms with E-state index in [2.05, 4.69) is 39.8 Å². The Balaban J connectivity index is 1.43. The number of hydrogen-bond acceptors (Lipinski definition) is 6. The van der Waals surface area contributed by atoms with Gasteiger partial charge in [-0.3, -0.25) is 14.4 Å². The maximum Gasteiger partial charge on any atom is 0.309 e. The molecule has 3 fully saturated rings. The quantitative estimate of drug-likeness (QED) is 0.387. The van der Waals surface area contributed by atoms with Crippen molar-refractivity contribution in [2.24, 2.45) is 16.9 Å². The molecule has 0 spiro atoms. The number of carbonyl (C=O) groups excluding carboxylic acids is 3. The van der Waals surface area contributed by atoms with Crippen molar-refractivity contribution in [2.45, 2.75) is 76.9 Å². The molecule has 0 aromatic heterocycles. The number of ether oxygens (including phenoxy) is 1. The van der Waals surface area contributed by atoms with Gasteiger partial charge in [0.15, 0.2) is 5.17 Å². The van der Waals surface area contributed by atoms with Crippen LogP contribution < -0.4 is 10.7 Å². The van der Waals surface area contributed by atoms with Crippen LogP contribution in [-0.4, -0.2) is 58.7 Å². The van der Waals surface area contributed by atoms with Gasteiger partial charge in [0, 0.05) is 37.5 Å². The zero-order valence-electron chi connectivity index (χ0n) is 21.1. The molecule has 1 saturated carbocycles. The lowest BCUT2D eigenvalue weighted by Crippen LogP contribution is -2.53. The van der Waals surface area contributed by atoms with Gasteiger partial charge < -0.3 is 15.0 Å². The first-order valence-corrected chi connectivity index (χ1v) is 14.3. The molecule has 36 heavy (non-hydrogen) atoms. The SMILES string of the molecule is CC[C@@H]1CS/C(=N\NC(=O)C(=O)[C@H](NC(=O)C2CCCCC2)C2CCOCC2)N1Cc1ccccc1. The molecule has 2 N–H and O–H groups in total. The fourth-order valence-electron chi connectivity index (χ4n) is 5.29. The van der Waals surface area contributed by atoms with Crippen molar-refractivity contribution in [1.82, 2.24) is 15.6 Å². The number of hydrogen-bond donors (Lipinski definition) is 2. The Labute approximate surface area is 218 Å². The monoisotopic (exact) mass is 514 g/mol. The summed E-state index contributed by atoms with van der Waals surface area (Å²) in [4.78, 5) is 41.4. The molecule has 0 bridgehead atoms. The number of amidine groups is 1. The molecule has 0 radical (unpaired) electrons. The molecule has 196 valence electrons. The van der Waals surface area contributed by atoms with Crippen molar-refractivity contribution >= 4 is 34.5 Å². The molecule has 1 aromatic carbocycles. The highest BCUT2D eigenvalue weighted by Crippen LogP contribution is 2.28. The second-order valence-corrected chi connectivity index (χ2v) is 10.9. The van der Waals surface area contributed by atoms with E-state index in [9.17, 15) is 14.4 Å². The minimum absolute atomic E-state index is 0.0791. The second-order valence-electron chi connectivity index (χ2n) is 9.96. The highest BCUT2D eigenvalue weighted by atomic mass is 32.2. The fraction of sp³-hybridized carbons (Fsp3) is 0.630. The summed E-state index contributed by atoms with van der Waals surface area (Å²) in [5.41, 5.74) is 3.68. The number of nitrogens with one attached hydrogen (secondary N) is 2. The molecule has 1 aliphatic carbocycles. The van der Waals surface area contributed by atoms with E-state index >= 15 is 0 Å². The summed E-state index contributed by atoms with van der Waals surface area (Å²) in [5.74, 6) is -0.816. The predicted octanol–water partition coefficient (Wildman–Crippen LogP) is 3.46. The molecular formula is C27H38N4O4S. The molecule has 1 aromatic rings. The normalized spacial score (nSPS) is 23.4. The van der Waals surface area contributed by atoms with Crippen molar-refractivity contribution in [3.63, 3.8) is 0 Å². The highest BCUT2D eigenvalue weighted by molar-refractivity contribution is 8.14. The van der Waals surface area contributed by atoms with Crippen LogP contribution in [0.3, 0.4) is 0 Å². The first kappa shape index (κ1) is 26.7. The lowest BCUT2D eigenvalue weighted by molar-refractivity contribution is -0.142. The Morgan fingerprint density at radius 3 is 2.50 bits per heavy atom. The number of amides is 2. The minimum atomic E-state index is -0.844. The van der Waals surface area contributed by atoms with Crippen molar-refractivity contribution < 1.29 is 19.1 Å². The number of rotatable bonds is 9. The number of hydrazone groups is 1. The van der Waals surface area contributed by atoms with Crippen LogP contribution in [-0.2, 0) is 25.7 Å².